The van der Waals surface area contributed by atoms with Crippen molar-refractivity contribution in [2.75, 3.05) is 5.32 Å². The second kappa shape index (κ2) is 9.02. The fourth-order valence-electron chi connectivity index (χ4n) is 3.25. The number of ether oxygens (including phenoxy) is 1. The number of nitrogens with one attached hydrogen (secondary N) is 1. The molecular formula is C24H21ClN4O2. The van der Waals surface area contributed by atoms with E-state index in [4.69, 9.17) is 22.1 Å². The van der Waals surface area contributed by atoms with E-state index in [0.717, 1.165) is 29.6 Å². The molecule has 0 unspecified atom stereocenters. The van der Waals surface area contributed by atoms with Crippen LogP contribution in [-0.4, -0.2) is 15.9 Å². The van der Waals surface area contributed by atoms with E-state index in [0.29, 0.717) is 33.4 Å². The normalized spacial score (nSPS) is 10.8. The van der Waals surface area contributed by atoms with Crippen LogP contribution < -0.4 is 15.8 Å². The molecule has 0 aliphatic rings. The van der Waals surface area contributed by atoms with Crippen LogP contribution in [0.2, 0.25) is 5.02 Å². The predicted molar refractivity (Wildman–Crippen MR) is 123 cm³/mol. The number of halogens is 1. The van der Waals surface area contributed by atoms with Crippen molar-refractivity contribution in [3.63, 3.8) is 0 Å². The molecule has 0 aliphatic heterocycles. The van der Waals surface area contributed by atoms with E-state index in [2.05, 4.69) is 22.2 Å². The summed E-state index contributed by atoms with van der Waals surface area (Å²) in [5.41, 5.74) is 8.94. The summed E-state index contributed by atoms with van der Waals surface area (Å²) < 4.78 is 6.03. The Labute approximate surface area is 185 Å². The molecule has 1 amide bonds. The molecule has 4 aromatic rings. The average Bonchev–Trinajstić information content (AvgIpc) is 2.76. The number of rotatable bonds is 7. The summed E-state index contributed by atoms with van der Waals surface area (Å²) in [6.45, 7) is 2.12. The molecule has 0 saturated carbocycles. The summed E-state index contributed by atoms with van der Waals surface area (Å²) >= 11 is 6.25. The van der Waals surface area contributed by atoms with Gasteiger partial charge in [-0.3, -0.25) is 4.79 Å². The monoisotopic (exact) mass is 432 g/mol. The van der Waals surface area contributed by atoms with E-state index in [-0.39, 0.29) is 0 Å². The number of benzene rings is 2. The van der Waals surface area contributed by atoms with Gasteiger partial charge in [-0.15, -0.1) is 0 Å². The first-order valence-corrected chi connectivity index (χ1v) is 10.3. The van der Waals surface area contributed by atoms with Crippen LogP contribution in [0.4, 0.5) is 11.4 Å². The lowest BCUT2D eigenvalue weighted by molar-refractivity contribution is 0.1000. The molecule has 31 heavy (non-hydrogen) atoms. The lowest BCUT2D eigenvalue weighted by Gasteiger charge is -2.15. The summed E-state index contributed by atoms with van der Waals surface area (Å²) in [6.07, 6.45) is 3.65. The topological polar surface area (TPSA) is 90.1 Å². The lowest BCUT2D eigenvalue weighted by atomic mass is 10.1. The number of hydrogen-bond donors (Lipinski definition) is 2. The highest BCUT2D eigenvalue weighted by Gasteiger charge is 2.11. The van der Waals surface area contributed by atoms with Gasteiger partial charge in [-0.25, -0.2) is 9.97 Å². The molecule has 0 spiro atoms. The minimum absolute atomic E-state index is 0.370. The molecule has 3 N–H and O–H groups in total. The SMILES string of the molecule is CCCc1ccc2c(Nc3cc(Cl)ccc3Oc3cccc(C(N)=O)c3)ccnc2n1. The zero-order valence-corrected chi connectivity index (χ0v) is 17.7. The third kappa shape index (κ3) is 4.75. The van der Waals surface area contributed by atoms with Crippen LogP contribution in [-0.2, 0) is 6.42 Å². The van der Waals surface area contributed by atoms with Crippen molar-refractivity contribution in [3.05, 3.63) is 83.1 Å². The van der Waals surface area contributed by atoms with Crippen LogP contribution in [0.25, 0.3) is 11.0 Å². The van der Waals surface area contributed by atoms with Gasteiger partial charge < -0.3 is 15.8 Å². The molecule has 0 radical (unpaired) electrons. The van der Waals surface area contributed by atoms with Gasteiger partial charge in [0.15, 0.2) is 11.4 Å². The third-order valence-corrected chi connectivity index (χ3v) is 4.96. The zero-order chi connectivity index (χ0) is 21.8. The first-order chi connectivity index (χ1) is 15.0. The maximum Gasteiger partial charge on any atom is 0.248 e. The molecule has 0 bridgehead atoms. The van der Waals surface area contributed by atoms with Crippen LogP contribution in [0.5, 0.6) is 11.5 Å². The minimum Gasteiger partial charge on any atom is -0.455 e. The van der Waals surface area contributed by atoms with Crippen molar-refractivity contribution in [1.29, 1.82) is 0 Å². The van der Waals surface area contributed by atoms with Gasteiger partial charge in [0.05, 0.1) is 11.4 Å². The molecule has 7 heteroatoms. The number of aromatic nitrogens is 2. The highest BCUT2D eigenvalue weighted by atomic mass is 35.5. The molecule has 2 heterocycles. The Morgan fingerprint density at radius 2 is 1.97 bits per heavy atom. The number of carbonyl (C=O) groups excluding carboxylic acids is 1. The Morgan fingerprint density at radius 1 is 1.10 bits per heavy atom. The molecule has 0 saturated heterocycles. The molecule has 0 aliphatic carbocycles. The van der Waals surface area contributed by atoms with E-state index >= 15 is 0 Å². The minimum atomic E-state index is -0.516. The van der Waals surface area contributed by atoms with Crippen molar-refractivity contribution in [2.24, 2.45) is 5.73 Å². The number of anilines is 2. The highest BCUT2D eigenvalue weighted by Crippen LogP contribution is 2.35. The summed E-state index contributed by atoms with van der Waals surface area (Å²) in [6, 6.07) is 17.9. The molecule has 4 rings (SSSR count). The van der Waals surface area contributed by atoms with E-state index < -0.39 is 5.91 Å². The standard InChI is InChI=1S/C24H21ClN4O2/c1-2-4-17-8-9-19-20(11-12-27-24(19)28-17)29-21-14-16(25)7-10-22(21)31-18-6-3-5-15(13-18)23(26)30/h3,5-14H,2,4H2,1H3,(H2,26,30)(H,27,28,29). The Morgan fingerprint density at radius 3 is 2.77 bits per heavy atom. The van der Waals surface area contributed by atoms with Gasteiger partial charge in [-0.2, -0.15) is 0 Å². The number of carbonyl (C=O) groups is 1. The predicted octanol–water partition coefficient (Wildman–Crippen LogP) is 5.87. The van der Waals surface area contributed by atoms with E-state index in [9.17, 15) is 4.79 Å². The Kier molecular flexibility index (Phi) is 6.00. The van der Waals surface area contributed by atoms with Gasteiger partial charge in [0.2, 0.25) is 5.91 Å². The van der Waals surface area contributed by atoms with Crippen LogP contribution >= 0.6 is 11.6 Å². The fraction of sp³-hybridized carbons (Fsp3) is 0.125. The van der Waals surface area contributed by atoms with Crippen LogP contribution in [0.3, 0.4) is 0 Å². The number of nitrogens with zero attached hydrogens (tertiary/aromatic N) is 2. The van der Waals surface area contributed by atoms with Crippen molar-refractivity contribution in [1.82, 2.24) is 9.97 Å². The average molecular weight is 433 g/mol. The van der Waals surface area contributed by atoms with Gasteiger partial charge in [0.25, 0.3) is 0 Å². The first-order valence-electron chi connectivity index (χ1n) is 9.92. The summed E-state index contributed by atoms with van der Waals surface area (Å²) in [5, 5.41) is 4.83. The summed E-state index contributed by atoms with van der Waals surface area (Å²) in [5.74, 6) is 0.525. The Balaban J connectivity index is 1.68. The molecule has 6 nitrogen and oxygen atoms in total. The number of nitrogens with two attached hydrogens (primary N) is 1. The van der Waals surface area contributed by atoms with Crippen LogP contribution in [0, 0.1) is 0 Å². The van der Waals surface area contributed by atoms with Crippen molar-refractivity contribution < 1.29 is 9.53 Å². The molecule has 0 fully saturated rings. The number of amides is 1. The Bertz CT molecular complexity index is 1260. The number of fused-ring (bicyclic) bond motifs is 1. The number of aryl methyl sites for hydroxylation is 1. The lowest BCUT2D eigenvalue weighted by Crippen LogP contribution is -2.10. The van der Waals surface area contributed by atoms with E-state index in [1.807, 2.05) is 18.2 Å². The molecular weight excluding hydrogens is 412 g/mol. The molecule has 2 aromatic carbocycles. The van der Waals surface area contributed by atoms with Crippen LogP contribution in [0.1, 0.15) is 29.4 Å². The second-order valence-electron chi connectivity index (χ2n) is 7.04. The fourth-order valence-corrected chi connectivity index (χ4v) is 3.42. The highest BCUT2D eigenvalue weighted by molar-refractivity contribution is 6.31. The third-order valence-electron chi connectivity index (χ3n) is 4.72. The zero-order valence-electron chi connectivity index (χ0n) is 16.9. The quantitative estimate of drug-likeness (QED) is 0.381. The van der Waals surface area contributed by atoms with Gasteiger partial charge in [0, 0.05) is 27.9 Å². The van der Waals surface area contributed by atoms with Crippen molar-refractivity contribution >= 4 is 39.9 Å². The van der Waals surface area contributed by atoms with E-state index in [1.54, 1.807) is 48.7 Å². The van der Waals surface area contributed by atoms with E-state index in [1.165, 1.54) is 0 Å². The van der Waals surface area contributed by atoms with Crippen molar-refractivity contribution in [2.45, 2.75) is 19.8 Å². The van der Waals surface area contributed by atoms with Gasteiger partial charge in [-0.05, 0) is 61.0 Å². The second-order valence-corrected chi connectivity index (χ2v) is 7.48. The maximum absolute atomic E-state index is 11.5. The summed E-state index contributed by atoms with van der Waals surface area (Å²) in [7, 11) is 0. The molecule has 2 aromatic heterocycles. The Hall–Kier alpha value is -3.64. The molecule has 156 valence electrons. The number of primary amides is 1. The van der Waals surface area contributed by atoms with Gasteiger partial charge >= 0.3 is 0 Å². The first kappa shape index (κ1) is 20.6. The van der Waals surface area contributed by atoms with Crippen molar-refractivity contribution in [3.8, 4) is 11.5 Å². The number of pyridine rings is 2. The largest absolute Gasteiger partial charge is 0.455 e. The molecule has 0 atom stereocenters. The smallest absolute Gasteiger partial charge is 0.248 e. The maximum atomic E-state index is 11.5. The summed E-state index contributed by atoms with van der Waals surface area (Å²) in [4.78, 5) is 20.5. The number of hydrogen-bond acceptors (Lipinski definition) is 5. The van der Waals surface area contributed by atoms with Gasteiger partial charge in [-0.1, -0.05) is 31.0 Å². The van der Waals surface area contributed by atoms with Crippen LogP contribution in [0.15, 0.2) is 66.9 Å². The van der Waals surface area contributed by atoms with Gasteiger partial charge in [0.1, 0.15) is 5.75 Å².